The molecule has 18 heavy (non-hydrogen) atoms. The van der Waals surface area contributed by atoms with Gasteiger partial charge in [0.05, 0.1) is 11.2 Å². The monoisotopic (exact) mass is 245 g/mol. The summed E-state index contributed by atoms with van der Waals surface area (Å²) in [6.45, 7) is 7.87. The SMILES string of the molecule is C#Cc1cc(=O)[nH]cc1B1OC(C)(C)C(C)(C)O1. The van der Waals surface area contributed by atoms with Crippen molar-refractivity contribution < 1.29 is 9.31 Å². The van der Waals surface area contributed by atoms with Gasteiger partial charge in [-0.3, -0.25) is 4.79 Å². The summed E-state index contributed by atoms with van der Waals surface area (Å²) in [4.78, 5) is 13.8. The minimum absolute atomic E-state index is 0.233. The van der Waals surface area contributed by atoms with E-state index < -0.39 is 18.3 Å². The van der Waals surface area contributed by atoms with Crippen molar-refractivity contribution in [3.63, 3.8) is 0 Å². The Bertz CT molecular complexity index is 552. The largest absolute Gasteiger partial charge is 0.497 e. The molecule has 2 rings (SSSR count). The summed E-state index contributed by atoms with van der Waals surface area (Å²) in [5.41, 5.74) is 0.0792. The first-order valence-electron chi connectivity index (χ1n) is 5.82. The van der Waals surface area contributed by atoms with E-state index in [4.69, 9.17) is 15.7 Å². The van der Waals surface area contributed by atoms with Crippen LogP contribution in [0.4, 0.5) is 0 Å². The van der Waals surface area contributed by atoms with Crippen LogP contribution in [0, 0.1) is 12.3 Å². The van der Waals surface area contributed by atoms with Gasteiger partial charge in [-0.05, 0) is 27.7 Å². The summed E-state index contributed by atoms with van der Waals surface area (Å²) < 4.78 is 11.8. The first-order chi connectivity index (χ1) is 8.27. The summed E-state index contributed by atoms with van der Waals surface area (Å²) in [6, 6.07) is 1.38. The Kier molecular flexibility index (Phi) is 2.88. The Morgan fingerprint density at radius 1 is 1.28 bits per heavy atom. The van der Waals surface area contributed by atoms with E-state index in [-0.39, 0.29) is 5.56 Å². The first kappa shape index (κ1) is 12.9. The van der Waals surface area contributed by atoms with Crippen molar-refractivity contribution in [3.05, 3.63) is 28.2 Å². The van der Waals surface area contributed by atoms with Crippen molar-refractivity contribution >= 4 is 12.6 Å². The summed E-state index contributed by atoms with van der Waals surface area (Å²) in [7, 11) is -0.558. The highest BCUT2D eigenvalue weighted by Gasteiger charge is 2.52. The molecule has 0 aliphatic carbocycles. The van der Waals surface area contributed by atoms with Crippen molar-refractivity contribution in [1.29, 1.82) is 0 Å². The number of pyridine rings is 1. The Labute approximate surface area is 107 Å². The first-order valence-corrected chi connectivity index (χ1v) is 5.82. The molecular weight excluding hydrogens is 229 g/mol. The molecule has 0 atom stereocenters. The van der Waals surface area contributed by atoms with Crippen LogP contribution in [0.5, 0.6) is 0 Å². The quantitative estimate of drug-likeness (QED) is 0.584. The molecule has 0 amide bonds. The average Bonchev–Trinajstić information content (AvgIpc) is 2.47. The van der Waals surface area contributed by atoms with Gasteiger partial charge in [0.25, 0.3) is 0 Å². The standard InChI is InChI=1S/C13H16BNO3/c1-6-9-7-11(16)15-8-10(9)14-17-12(2,3)13(4,5)18-14/h1,7-8H,2-5H3,(H,15,16). The van der Waals surface area contributed by atoms with Crippen LogP contribution in [-0.2, 0) is 9.31 Å². The Hall–Kier alpha value is -1.51. The lowest BCUT2D eigenvalue weighted by molar-refractivity contribution is 0.00578. The van der Waals surface area contributed by atoms with E-state index in [2.05, 4.69) is 10.9 Å². The molecule has 1 aromatic rings. The predicted molar refractivity (Wildman–Crippen MR) is 70.7 cm³/mol. The number of rotatable bonds is 1. The molecule has 94 valence electrons. The van der Waals surface area contributed by atoms with Gasteiger partial charge in [-0.1, -0.05) is 5.92 Å². The van der Waals surface area contributed by atoms with E-state index in [1.807, 2.05) is 27.7 Å². The number of aromatic nitrogens is 1. The van der Waals surface area contributed by atoms with Crippen molar-refractivity contribution in [1.82, 2.24) is 4.98 Å². The Morgan fingerprint density at radius 3 is 2.33 bits per heavy atom. The summed E-state index contributed by atoms with van der Waals surface area (Å²) >= 11 is 0. The molecule has 1 N–H and O–H groups in total. The number of hydrogen-bond donors (Lipinski definition) is 1. The van der Waals surface area contributed by atoms with Crippen molar-refractivity contribution in [2.24, 2.45) is 0 Å². The maximum atomic E-state index is 11.2. The van der Waals surface area contributed by atoms with Crippen LogP contribution in [0.3, 0.4) is 0 Å². The van der Waals surface area contributed by atoms with E-state index >= 15 is 0 Å². The highest BCUT2D eigenvalue weighted by Crippen LogP contribution is 2.36. The van der Waals surface area contributed by atoms with E-state index in [0.29, 0.717) is 11.0 Å². The molecule has 1 aliphatic rings. The maximum absolute atomic E-state index is 11.2. The fraction of sp³-hybridized carbons (Fsp3) is 0.462. The molecule has 0 saturated carbocycles. The number of hydrogen-bond acceptors (Lipinski definition) is 3. The van der Waals surface area contributed by atoms with E-state index in [0.717, 1.165) is 0 Å². The molecule has 2 heterocycles. The molecule has 0 spiro atoms. The third-order valence-corrected chi connectivity index (χ3v) is 3.62. The minimum Gasteiger partial charge on any atom is -0.399 e. The molecule has 1 aliphatic heterocycles. The molecule has 1 fully saturated rings. The van der Waals surface area contributed by atoms with Crippen molar-refractivity contribution in [2.75, 3.05) is 0 Å². The van der Waals surface area contributed by atoms with Crippen LogP contribution in [0.1, 0.15) is 33.3 Å². The van der Waals surface area contributed by atoms with Gasteiger partial charge in [-0.15, -0.1) is 6.42 Å². The van der Waals surface area contributed by atoms with Crippen LogP contribution < -0.4 is 11.0 Å². The van der Waals surface area contributed by atoms with Gasteiger partial charge in [-0.25, -0.2) is 0 Å². The van der Waals surface area contributed by atoms with Crippen LogP contribution >= 0.6 is 0 Å². The Morgan fingerprint density at radius 2 is 1.83 bits per heavy atom. The molecule has 5 heteroatoms. The van der Waals surface area contributed by atoms with Gasteiger partial charge >= 0.3 is 7.12 Å². The van der Waals surface area contributed by atoms with E-state index in [1.165, 1.54) is 6.07 Å². The van der Waals surface area contributed by atoms with Crippen molar-refractivity contribution in [2.45, 2.75) is 38.9 Å². The number of terminal acetylenes is 1. The number of H-pyrrole nitrogens is 1. The number of aromatic amines is 1. The lowest BCUT2D eigenvalue weighted by Crippen LogP contribution is -2.41. The molecular formula is C13H16BNO3. The third-order valence-electron chi connectivity index (χ3n) is 3.62. The highest BCUT2D eigenvalue weighted by atomic mass is 16.7. The molecule has 0 aromatic carbocycles. The summed E-state index contributed by atoms with van der Waals surface area (Å²) in [6.07, 6.45) is 6.96. The molecule has 0 bridgehead atoms. The smallest absolute Gasteiger partial charge is 0.399 e. The molecule has 0 radical (unpaired) electrons. The fourth-order valence-electron chi connectivity index (χ4n) is 1.77. The van der Waals surface area contributed by atoms with Crippen LogP contribution in [0.2, 0.25) is 0 Å². The lowest BCUT2D eigenvalue weighted by Gasteiger charge is -2.32. The lowest BCUT2D eigenvalue weighted by atomic mass is 9.77. The van der Waals surface area contributed by atoms with Gasteiger partial charge in [0, 0.05) is 23.3 Å². The topological polar surface area (TPSA) is 51.3 Å². The summed E-state index contributed by atoms with van der Waals surface area (Å²) in [5, 5.41) is 0. The zero-order valence-corrected chi connectivity index (χ0v) is 11.0. The molecule has 1 aromatic heterocycles. The van der Waals surface area contributed by atoms with Gasteiger partial charge in [0.1, 0.15) is 0 Å². The second-order valence-electron chi connectivity index (χ2n) is 5.40. The van der Waals surface area contributed by atoms with Crippen LogP contribution in [0.15, 0.2) is 17.1 Å². The molecule has 4 nitrogen and oxygen atoms in total. The van der Waals surface area contributed by atoms with Crippen molar-refractivity contribution in [3.8, 4) is 12.3 Å². The normalized spacial score (nSPS) is 20.7. The zero-order chi connectivity index (χ0) is 13.6. The molecule has 1 saturated heterocycles. The van der Waals surface area contributed by atoms with E-state index in [9.17, 15) is 4.79 Å². The van der Waals surface area contributed by atoms with Gasteiger partial charge in [0.2, 0.25) is 5.56 Å². The minimum atomic E-state index is -0.558. The maximum Gasteiger partial charge on any atom is 0.497 e. The third kappa shape index (κ3) is 1.98. The zero-order valence-electron chi connectivity index (χ0n) is 11.0. The average molecular weight is 245 g/mol. The summed E-state index contributed by atoms with van der Waals surface area (Å²) in [5.74, 6) is 2.49. The van der Waals surface area contributed by atoms with E-state index in [1.54, 1.807) is 6.20 Å². The van der Waals surface area contributed by atoms with Crippen LogP contribution in [0.25, 0.3) is 0 Å². The second kappa shape index (κ2) is 4.01. The van der Waals surface area contributed by atoms with Gasteiger partial charge < -0.3 is 14.3 Å². The second-order valence-corrected chi connectivity index (χ2v) is 5.40. The highest BCUT2D eigenvalue weighted by molar-refractivity contribution is 6.62. The molecule has 0 unspecified atom stereocenters. The van der Waals surface area contributed by atoms with Gasteiger partial charge in [-0.2, -0.15) is 0 Å². The van der Waals surface area contributed by atoms with Crippen LogP contribution in [-0.4, -0.2) is 23.3 Å². The van der Waals surface area contributed by atoms with Gasteiger partial charge in [0.15, 0.2) is 0 Å². The predicted octanol–water partition coefficient (Wildman–Crippen LogP) is 0.655. The fourth-order valence-corrected chi connectivity index (χ4v) is 1.77. The number of nitrogens with one attached hydrogen (secondary N) is 1. The Balaban J connectivity index is 2.42.